The van der Waals surface area contributed by atoms with Gasteiger partial charge >= 0.3 is 0 Å². The van der Waals surface area contributed by atoms with Crippen molar-refractivity contribution in [3.05, 3.63) is 23.8 Å². The molecule has 1 unspecified atom stereocenters. The summed E-state index contributed by atoms with van der Waals surface area (Å²) in [7, 11) is 1.80. The predicted octanol–water partition coefficient (Wildman–Crippen LogP) is 3.31. The van der Waals surface area contributed by atoms with Gasteiger partial charge in [0, 0.05) is 7.11 Å². The first-order valence-corrected chi connectivity index (χ1v) is 7.88. The third kappa shape index (κ3) is 3.16. The van der Waals surface area contributed by atoms with Gasteiger partial charge in [-0.25, -0.2) is 0 Å². The molecule has 0 bridgehead atoms. The van der Waals surface area contributed by atoms with Crippen LogP contribution >= 0.6 is 0 Å². The average molecular weight is 293 g/mol. The second-order valence-electron chi connectivity index (χ2n) is 5.37. The predicted molar refractivity (Wildman–Crippen MR) is 84.2 cm³/mol. The van der Waals surface area contributed by atoms with Gasteiger partial charge in [0.25, 0.3) is 0 Å². The van der Waals surface area contributed by atoms with Crippen molar-refractivity contribution >= 4 is 0 Å². The highest BCUT2D eigenvalue weighted by Gasteiger charge is 2.36. The summed E-state index contributed by atoms with van der Waals surface area (Å²) in [5.41, 5.74) is 0.978. The Morgan fingerprint density at radius 3 is 2.38 bits per heavy atom. The Balaban J connectivity index is 2.37. The lowest BCUT2D eigenvalue weighted by Crippen LogP contribution is -2.44. The first kappa shape index (κ1) is 16.1. The Labute approximate surface area is 127 Å². The van der Waals surface area contributed by atoms with Gasteiger partial charge in [0.2, 0.25) is 0 Å². The van der Waals surface area contributed by atoms with Crippen molar-refractivity contribution in [3.8, 4) is 11.5 Å². The minimum atomic E-state index is -0.209. The molecule has 0 saturated heterocycles. The molecule has 0 radical (unpaired) electrons. The van der Waals surface area contributed by atoms with Crippen molar-refractivity contribution in [1.29, 1.82) is 0 Å². The van der Waals surface area contributed by atoms with Crippen molar-refractivity contribution in [3.63, 3.8) is 0 Å². The van der Waals surface area contributed by atoms with E-state index >= 15 is 0 Å². The van der Waals surface area contributed by atoms with Crippen LogP contribution in [0.5, 0.6) is 11.5 Å². The quantitative estimate of drug-likeness (QED) is 0.837. The van der Waals surface area contributed by atoms with Crippen LogP contribution in [0.4, 0.5) is 0 Å². The third-order valence-electron chi connectivity index (χ3n) is 4.44. The lowest BCUT2D eigenvalue weighted by Gasteiger charge is -2.39. The Bertz CT molecular complexity index is 449. The van der Waals surface area contributed by atoms with Gasteiger partial charge < -0.3 is 19.5 Å². The van der Waals surface area contributed by atoms with E-state index in [4.69, 9.17) is 14.2 Å². The molecule has 0 spiro atoms. The van der Waals surface area contributed by atoms with Gasteiger partial charge in [-0.2, -0.15) is 0 Å². The summed E-state index contributed by atoms with van der Waals surface area (Å²) in [5.74, 6) is 1.66. The standard InChI is InChI=1S/C17H27NO3/c1-5-17(6-2,19-4)16(18-7-3)13-8-9-14-15(12-13)21-11-10-20-14/h8-9,12,16,18H,5-7,10-11H2,1-4H3. The van der Waals surface area contributed by atoms with Gasteiger partial charge in [-0.05, 0) is 37.1 Å². The van der Waals surface area contributed by atoms with Crippen molar-refractivity contribution in [1.82, 2.24) is 5.32 Å². The minimum absolute atomic E-state index is 0.137. The number of ether oxygens (including phenoxy) is 3. The van der Waals surface area contributed by atoms with Crippen LogP contribution in [0.15, 0.2) is 18.2 Å². The molecular weight excluding hydrogens is 266 g/mol. The monoisotopic (exact) mass is 293 g/mol. The summed E-state index contributed by atoms with van der Waals surface area (Å²) in [4.78, 5) is 0. The number of methoxy groups -OCH3 is 1. The van der Waals surface area contributed by atoms with Gasteiger partial charge in [-0.3, -0.25) is 0 Å². The van der Waals surface area contributed by atoms with Crippen molar-refractivity contribution in [2.75, 3.05) is 26.9 Å². The van der Waals surface area contributed by atoms with Crippen molar-refractivity contribution in [2.45, 2.75) is 45.3 Å². The molecule has 1 aromatic carbocycles. The molecule has 2 rings (SSSR count). The zero-order valence-electron chi connectivity index (χ0n) is 13.6. The summed E-state index contributed by atoms with van der Waals surface area (Å²) in [6.07, 6.45) is 1.90. The highest BCUT2D eigenvalue weighted by molar-refractivity contribution is 5.45. The molecule has 4 heteroatoms. The summed E-state index contributed by atoms with van der Waals surface area (Å²) in [5, 5.41) is 3.58. The van der Waals surface area contributed by atoms with E-state index in [0.717, 1.165) is 30.9 Å². The van der Waals surface area contributed by atoms with Crippen LogP contribution in [0.1, 0.15) is 45.2 Å². The van der Waals surface area contributed by atoms with Crippen LogP contribution < -0.4 is 14.8 Å². The minimum Gasteiger partial charge on any atom is -0.486 e. The van der Waals surface area contributed by atoms with Gasteiger partial charge in [0.15, 0.2) is 11.5 Å². The Morgan fingerprint density at radius 2 is 1.81 bits per heavy atom. The number of hydrogen-bond donors (Lipinski definition) is 1. The molecule has 1 aliphatic rings. The lowest BCUT2D eigenvalue weighted by atomic mass is 9.83. The van der Waals surface area contributed by atoms with E-state index in [1.54, 1.807) is 7.11 Å². The number of nitrogens with one attached hydrogen (secondary N) is 1. The smallest absolute Gasteiger partial charge is 0.161 e. The van der Waals surface area contributed by atoms with Crippen molar-refractivity contribution in [2.24, 2.45) is 0 Å². The Hall–Kier alpha value is -1.26. The molecule has 0 amide bonds. The molecule has 0 saturated carbocycles. The second-order valence-corrected chi connectivity index (χ2v) is 5.37. The van der Waals surface area contributed by atoms with E-state index in [-0.39, 0.29) is 11.6 Å². The molecule has 1 aliphatic heterocycles. The summed E-state index contributed by atoms with van der Waals surface area (Å²) in [6, 6.07) is 6.33. The van der Waals surface area contributed by atoms with E-state index < -0.39 is 0 Å². The van der Waals surface area contributed by atoms with Gasteiger partial charge in [0.1, 0.15) is 13.2 Å². The maximum Gasteiger partial charge on any atom is 0.161 e. The first-order valence-electron chi connectivity index (χ1n) is 7.88. The molecule has 118 valence electrons. The van der Waals surface area contributed by atoms with E-state index in [0.29, 0.717) is 13.2 Å². The van der Waals surface area contributed by atoms with Crippen LogP contribution in [0.2, 0.25) is 0 Å². The van der Waals surface area contributed by atoms with Crippen LogP contribution in [-0.4, -0.2) is 32.5 Å². The average Bonchev–Trinajstić information content (AvgIpc) is 2.55. The maximum absolute atomic E-state index is 5.91. The molecule has 0 aromatic heterocycles. The van der Waals surface area contributed by atoms with Crippen LogP contribution in [-0.2, 0) is 4.74 Å². The van der Waals surface area contributed by atoms with E-state index in [1.165, 1.54) is 5.56 Å². The van der Waals surface area contributed by atoms with Crippen molar-refractivity contribution < 1.29 is 14.2 Å². The zero-order valence-corrected chi connectivity index (χ0v) is 13.6. The molecule has 1 aromatic rings. The fourth-order valence-corrected chi connectivity index (χ4v) is 3.12. The largest absolute Gasteiger partial charge is 0.486 e. The number of fused-ring (bicyclic) bond motifs is 1. The summed E-state index contributed by atoms with van der Waals surface area (Å²) < 4.78 is 17.2. The highest BCUT2D eigenvalue weighted by atomic mass is 16.6. The molecule has 1 atom stereocenters. The maximum atomic E-state index is 5.91. The molecule has 4 nitrogen and oxygen atoms in total. The number of rotatable bonds is 7. The number of benzene rings is 1. The summed E-state index contributed by atoms with van der Waals surface area (Å²) in [6.45, 7) is 8.60. The van der Waals surface area contributed by atoms with E-state index in [1.807, 2.05) is 6.07 Å². The normalized spacial score (nSPS) is 15.8. The molecule has 0 aliphatic carbocycles. The third-order valence-corrected chi connectivity index (χ3v) is 4.44. The first-order chi connectivity index (χ1) is 10.2. The molecular formula is C17H27NO3. The SMILES string of the molecule is CCNC(c1ccc2c(c1)OCCO2)C(CC)(CC)OC. The zero-order chi connectivity index (χ0) is 15.3. The van der Waals surface area contributed by atoms with Crippen LogP contribution in [0.3, 0.4) is 0 Å². The molecule has 1 N–H and O–H groups in total. The van der Waals surface area contributed by atoms with Gasteiger partial charge in [-0.15, -0.1) is 0 Å². The van der Waals surface area contributed by atoms with Crippen LogP contribution in [0.25, 0.3) is 0 Å². The van der Waals surface area contributed by atoms with Gasteiger partial charge in [0.05, 0.1) is 11.6 Å². The number of likely N-dealkylation sites (N-methyl/N-ethyl adjacent to an activating group) is 1. The fourth-order valence-electron chi connectivity index (χ4n) is 3.12. The molecule has 0 fully saturated rings. The van der Waals surface area contributed by atoms with Crippen LogP contribution in [0, 0.1) is 0 Å². The van der Waals surface area contributed by atoms with Gasteiger partial charge in [-0.1, -0.05) is 26.8 Å². The second kappa shape index (κ2) is 7.14. The highest BCUT2D eigenvalue weighted by Crippen LogP contribution is 2.39. The number of hydrogen-bond acceptors (Lipinski definition) is 4. The summed E-state index contributed by atoms with van der Waals surface area (Å²) >= 11 is 0. The fraction of sp³-hybridized carbons (Fsp3) is 0.647. The molecule has 1 heterocycles. The lowest BCUT2D eigenvalue weighted by molar-refractivity contribution is -0.0483. The molecule has 21 heavy (non-hydrogen) atoms. The Morgan fingerprint density at radius 1 is 1.14 bits per heavy atom. The van der Waals surface area contributed by atoms with E-state index in [9.17, 15) is 0 Å². The Kier molecular flexibility index (Phi) is 5.48. The van der Waals surface area contributed by atoms with E-state index in [2.05, 4.69) is 38.2 Å². The topological polar surface area (TPSA) is 39.7 Å².